The fourth-order valence-electron chi connectivity index (χ4n) is 3.34. The van der Waals surface area contributed by atoms with Gasteiger partial charge in [-0.2, -0.15) is 0 Å². The van der Waals surface area contributed by atoms with Crippen molar-refractivity contribution in [3.63, 3.8) is 0 Å². The lowest BCUT2D eigenvalue weighted by Crippen LogP contribution is -2.60. The lowest BCUT2D eigenvalue weighted by molar-refractivity contribution is -0.277. The Morgan fingerprint density at radius 3 is 2.50 bits per heavy atom. The van der Waals surface area contributed by atoms with Crippen molar-refractivity contribution in [3.05, 3.63) is 53.8 Å². The van der Waals surface area contributed by atoms with Crippen LogP contribution in [0.4, 0.5) is 4.39 Å². The Bertz CT molecular complexity index is 796. The minimum Gasteiger partial charge on any atom is -0.462 e. The van der Waals surface area contributed by atoms with Crippen LogP contribution in [0.5, 0.6) is 5.75 Å². The van der Waals surface area contributed by atoms with Gasteiger partial charge in [0.15, 0.2) is 0 Å². The zero-order valence-corrected chi connectivity index (χ0v) is 15.5. The van der Waals surface area contributed by atoms with Crippen LogP contribution in [0.3, 0.4) is 0 Å². The Hall–Kier alpha value is -2.03. The van der Waals surface area contributed by atoms with Gasteiger partial charge in [0, 0.05) is 0 Å². The third kappa shape index (κ3) is 4.34. The molecule has 4 N–H and O–H groups in total. The van der Waals surface area contributed by atoms with Crippen LogP contribution >= 0.6 is 0 Å². The predicted molar refractivity (Wildman–Crippen MR) is 100 cm³/mol. The number of aryl methyl sites for hydroxylation is 1. The van der Waals surface area contributed by atoms with Crippen LogP contribution in [-0.4, -0.2) is 57.7 Å². The van der Waals surface area contributed by atoms with Gasteiger partial charge in [0.05, 0.1) is 6.61 Å². The maximum Gasteiger partial charge on any atom is 0.229 e. The maximum absolute atomic E-state index is 13.7. The van der Waals surface area contributed by atoms with Gasteiger partial charge in [-0.15, -0.1) is 0 Å². The van der Waals surface area contributed by atoms with Gasteiger partial charge in [0.1, 0.15) is 36.0 Å². The fourth-order valence-corrected chi connectivity index (χ4v) is 3.34. The van der Waals surface area contributed by atoms with Gasteiger partial charge >= 0.3 is 0 Å². The number of aliphatic hydroxyl groups is 4. The average molecular weight is 392 g/mol. The van der Waals surface area contributed by atoms with Gasteiger partial charge in [0.25, 0.3) is 0 Å². The van der Waals surface area contributed by atoms with E-state index in [4.69, 9.17) is 9.47 Å². The lowest BCUT2D eigenvalue weighted by atomic mass is 9.96. The van der Waals surface area contributed by atoms with E-state index in [0.717, 1.165) is 24.0 Å². The smallest absolute Gasteiger partial charge is 0.229 e. The molecule has 6 nitrogen and oxygen atoms in total. The number of benzene rings is 2. The SMILES string of the molecule is CCCc1ccc(OC2O[C@@H](CO)[C@H](O)[C@@H](O)[C@@H]2O)cc1-c1cccc(F)c1. The second-order valence-electron chi connectivity index (χ2n) is 6.89. The summed E-state index contributed by atoms with van der Waals surface area (Å²) in [5, 5.41) is 39.2. The molecule has 0 aromatic heterocycles. The van der Waals surface area contributed by atoms with E-state index in [2.05, 4.69) is 0 Å². The average Bonchev–Trinajstić information content (AvgIpc) is 2.69. The molecule has 28 heavy (non-hydrogen) atoms. The van der Waals surface area contributed by atoms with Crippen molar-refractivity contribution in [1.29, 1.82) is 0 Å². The first-order valence-corrected chi connectivity index (χ1v) is 9.30. The van der Waals surface area contributed by atoms with E-state index in [0.29, 0.717) is 11.3 Å². The summed E-state index contributed by atoms with van der Waals surface area (Å²) in [6, 6.07) is 11.5. The van der Waals surface area contributed by atoms with Crippen LogP contribution in [0.15, 0.2) is 42.5 Å². The Labute approximate surface area is 162 Å². The van der Waals surface area contributed by atoms with Crippen molar-refractivity contribution >= 4 is 0 Å². The molecule has 1 aliphatic rings. The summed E-state index contributed by atoms with van der Waals surface area (Å²) in [5.74, 6) is 0.00338. The van der Waals surface area contributed by atoms with Crippen LogP contribution in [-0.2, 0) is 11.2 Å². The first kappa shape index (κ1) is 20.7. The van der Waals surface area contributed by atoms with Crippen molar-refractivity contribution in [2.24, 2.45) is 0 Å². The number of aliphatic hydroxyl groups excluding tert-OH is 4. The van der Waals surface area contributed by atoms with Gasteiger partial charge in [-0.05, 0) is 47.4 Å². The van der Waals surface area contributed by atoms with E-state index >= 15 is 0 Å². The minimum absolute atomic E-state index is 0.347. The Morgan fingerprint density at radius 2 is 1.82 bits per heavy atom. The first-order chi connectivity index (χ1) is 13.4. The third-order valence-electron chi connectivity index (χ3n) is 4.84. The summed E-state index contributed by atoms with van der Waals surface area (Å²) in [7, 11) is 0. The van der Waals surface area contributed by atoms with Gasteiger partial charge in [-0.25, -0.2) is 4.39 Å². The van der Waals surface area contributed by atoms with E-state index in [9.17, 15) is 24.8 Å². The zero-order chi connectivity index (χ0) is 20.3. The van der Waals surface area contributed by atoms with Crippen molar-refractivity contribution in [3.8, 4) is 16.9 Å². The zero-order valence-electron chi connectivity index (χ0n) is 15.5. The number of hydrogen-bond acceptors (Lipinski definition) is 6. The minimum atomic E-state index is -1.52. The van der Waals surface area contributed by atoms with Gasteiger partial charge in [-0.3, -0.25) is 0 Å². The molecule has 0 amide bonds. The molecule has 7 heteroatoms. The Balaban J connectivity index is 1.89. The molecular formula is C21H25FO6. The molecule has 1 fully saturated rings. The molecule has 0 bridgehead atoms. The van der Waals surface area contributed by atoms with Crippen molar-refractivity contribution in [1.82, 2.24) is 0 Å². The summed E-state index contributed by atoms with van der Waals surface area (Å²) in [4.78, 5) is 0. The highest BCUT2D eigenvalue weighted by molar-refractivity contribution is 5.69. The van der Waals surface area contributed by atoms with Crippen LogP contribution in [0.2, 0.25) is 0 Å². The van der Waals surface area contributed by atoms with Crippen LogP contribution in [0.1, 0.15) is 18.9 Å². The summed E-state index contributed by atoms with van der Waals surface area (Å²) in [6.07, 6.45) is -5.07. The predicted octanol–water partition coefficient (Wildman–Crippen LogP) is 1.62. The van der Waals surface area contributed by atoms with Gasteiger partial charge in [-0.1, -0.05) is 31.5 Å². The quantitative estimate of drug-likeness (QED) is 0.596. The molecule has 1 unspecified atom stereocenters. The summed E-state index contributed by atoms with van der Waals surface area (Å²) >= 11 is 0. The maximum atomic E-state index is 13.7. The number of ether oxygens (including phenoxy) is 2. The molecule has 1 heterocycles. The molecule has 3 rings (SSSR count). The summed E-state index contributed by atoms with van der Waals surface area (Å²) in [5.41, 5.74) is 2.51. The standard InChI is InChI=1S/C21H25FO6/c1-2-4-12-7-8-15(10-16(12)13-5-3-6-14(22)9-13)27-21-20(26)19(25)18(24)17(11-23)28-21/h3,5-10,17-21,23-26H,2,4,11H2,1H3/t17-,18-,19+,20-,21?/m0/s1. The molecule has 0 radical (unpaired) electrons. The van der Waals surface area contributed by atoms with Crippen LogP contribution in [0.25, 0.3) is 11.1 Å². The van der Waals surface area contributed by atoms with Crippen LogP contribution < -0.4 is 4.74 Å². The van der Waals surface area contributed by atoms with Crippen molar-refractivity contribution in [2.75, 3.05) is 6.61 Å². The Morgan fingerprint density at radius 1 is 1.04 bits per heavy atom. The third-order valence-corrected chi connectivity index (χ3v) is 4.84. The molecular weight excluding hydrogens is 367 g/mol. The second-order valence-corrected chi connectivity index (χ2v) is 6.89. The highest BCUT2D eigenvalue weighted by Crippen LogP contribution is 2.31. The van der Waals surface area contributed by atoms with Crippen molar-refractivity contribution < 1.29 is 34.3 Å². The fraction of sp³-hybridized carbons (Fsp3) is 0.429. The number of halogens is 1. The lowest BCUT2D eigenvalue weighted by Gasteiger charge is -2.39. The first-order valence-electron chi connectivity index (χ1n) is 9.30. The van der Waals surface area contributed by atoms with E-state index in [-0.39, 0.29) is 5.82 Å². The molecule has 1 aliphatic heterocycles. The highest BCUT2D eigenvalue weighted by atomic mass is 19.1. The second kappa shape index (κ2) is 8.98. The number of hydrogen-bond donors (Lipinski definition) is 4. The van der Waals surface area contributed by atoms with Gasteiger partial charge in [0.2, 0.25) is 6.29 Å². The highest BCUT2D eigenvalue weighted by Gasteiger charge is 2.44. The molecule has 2 aromatic rings. The molecule has 152 valence electrons. The summed E-state index contributed by atoms with van der Waals surface area (Å²) < 4.78 is 24.8. The number of rotatable bonds is 6. The summed E-state index contributed by atoms with van der Waals surface area (Å²) in [6.45, 7) is 1.52. The molecule has 0 aliphatic carbocycles. The monoisotopic (exact) mass is 392 g/mol. The molecule has 0 spiro atoms. The molecule has 2 aromatic carbocycles. The topological polar surface area (TPSA) is 99.4 Å². The van der Waals surface area contributed by atoms with E-state index < -0.39 is 37.3 Å². The molecule has 5 atom stereocenters. The molecule has 0 saturated carbocycles. The van der Waals surface area contributed by atoms with E-state index in [1.807, 2.05) is 13.0 Å². The molecule has 1 saturated heterocycles. The van der Waals surface area contributed by atoms with E-state index in [1.54, 1.807) is 24.3 Å². The largest absolute Gasteiger partial charge is 0.462 e. The van der Waals surface area contributed by atoms with Crippen molar-refractivity contribution in [2.45, 2.75) is 50.5 Å². The Kier molecular flexibility index (Phi) is 6.64. The van der Waals surface area contributed by atoms with E-state index in [1.165, 1.54) is 12.1 Å². The van der Waals surface area contributed by atoms with Gasteiger partial charge < -0.3 is 29.9 Å². The normalized spacial score (nSPS) is 27.6. The van der Waals surface area contributed by atoms with Crippen LogP contribution in [0, 0.1) is 5.82 Å².